The average molecular weight is 845 g/mol. The van der Waals surface area contributed by atoms with Crippen LogP contribution >= 0.6 is 11.3 Å². The third kappa shape index (κ3) is 5.29. The number of para-hydroxylation sites is 2. The van der Waals surface area contributed by atoms with E-state index in [-0.39, 0.29) is 17.7 Å². The highest BCUT2D eigenvalue weighted by Crippen LogP contribution is 2.56. The molecule has 3 aromatic heterocycles. The van der Waals surface area contributed by atoms with Gasteiger partial charge >= 0.3 is 6.85 Å². The first kappa shape index (κ1) is 37.5. The van der Waals surface area contributed by atoms with Crippen molar-refractivity contribution < 1.29 is 8.83 Å². The first-order chi connectivity index (χ1) is 31.0. The Bertz CT molecular complexity index is 3710. The second-order valence-electron chi connectivity index (χ2n) is 19.7. The highest BCUT2D eigenvalue weighted by Gasteiger charge is 2.49. The van der Waals surface area contributed by atoms with Crippen molar-refractivity contribution in [3.8, 4) is 22.3 Å². The van der Waals surface area contributed by atoms with Crippen LogP contribution in [0.5, 0.6) is 0 Å². The Morgan fingerprint density at radius 3 is 1.81 bits per heavy atom. The molecule has 0 fully saturated rings. The van der Waals surface area contributed by atoms with Gasteiger partial charge in [-0.05, 0) is 110 Å². The second-order valence-corrected chi connectivity index (χ2v) is 20.7. The van der Waals surface area contributed by atoms with Crippen LogP contribution in [0.1, 0.15) is 52.7 Å². The minimum atomic E-state index is -0.200. The predicted molar refractivity (Wildman–Crippen MR) is 273 cm³/mol. The lowest BCUT2D eigenvalue weighted by Crippen LogP contribution is -2.61. The second kappa shape index (κ2) is 13.3. The van der Waals surface area contributed by atoms with Crippen LogP contribution in [0.4, 0.5) is 27.8 Å². The van der Waals surface area contributed by atoms with Crippen LogP contribution in [-0.4, -0.2) is 6.85 Å². The Morgan fingerprint density at radius 1 is 0.484 bits per heavy atom. The summed E-state index contributed by atoms with van der Waals surface area (Å²) in [5.41, 5.74) is 17.7. The van der Waals surface area contributed by atoms with Crippen LogP contribution in [0.25, 0.3) is 76.2 Å². The molecule has 0 aliphatic carbocycles. The Kier molecular flexibility index (Phi) is 7.78. The Balaban J connectivity index is 1.24. The van der Waals surface area contributed by atoms with E-state index in [0.717, 1.165) is 72.2 Å². The number of benzene rings is 8. The molecule has 0 saturated heterocycles. The summed E-state index contributed by atoms with van der Waals surface area (Å²) < 4.78 is 15.5. The minimum absolute atomic E-state index is 0.00646. The first-order valence-electron chi connectivity index (χ1n) is 22.4. The molecule has 64 heavy (non-hydrogen) atoms. The normalized spacial score (nSPS) is 13.7. The molecule has 0 bridgehead atoms. The number of furan rings is 2. The molecule has 6 heteroatoms. The van der Waals surface area contributed by atoms with E-state index < -0.39 is 0 Å². The van der Waals surface area contributed by atoms with E-state index in [1.807, 2.05) is 11.3 Å². The van der Waals surface area contributed by atoms with Gasteiger partial charge < -0.3 is 13.6 Å². The monoisotopic (exact) mass is 844 g/mol. The van der Waals surface area contributed by atoms with E-state index in [1.165, 1.54) is 53.8 Å². The molecule has 0 atom stereocenters. The topological polar surface area (TPSA) is 32.8 Å². The third-order valence-corrected chi connectivity index (χ3v) is 15.0. The zero-order valence-electron chi connectivity index (χ0n) is 36.8. The van der Waals surface area contributed by atoms with Crippen LogP contribution in [0.2, 0.25) is 0 Å². The van der Waals surface area contributed by atoms with Crippen molar-refractivity contribution in [1.29, 1.82) is 0 Å². The summed E-state index contributed by atoms with van der Waals surface area (Å²) in [7, 11) is 0. The fourth-order valence-corrected chi connectivity index (χ4v) is 11.9. The highest BCUT2D eigenvalue weighted by molar-refractivity contribution is 7.26. The summed E-state index contributed by atoms with van der Waals surface area (Å²) in [5.74, 6) is 0. The number of thiophene rings is 1. The maximum atomic E-state index is 7.23. The highest BCUT2D eigenvalue weighted by atomic mass is 32.1. The smallest absolute Gasteiger partial charge is 0.334 e. The van der Waals surface area contributed by atoms with Gasteiger partial charge in [0.1, 0.15) is 16.7 Å². The van der Waals surface area contributed by atoms with Gasteiger partial charge in [-0.15, -0.1) is 11.3 Å². The van der Waals surface area contributed by atoms with Gasteiger partial charge in [-0.25, -0.2) is 0 Å². The van der Waals surface area contributed by atoms with E-state index in [4.69, 9.17) is 8.83 Å². The molecule has 0 radical (unpaired) electrons. The van der Waals surface area contributed by atoms with Crippen LogP contribution in [0.15, 0.2) is 173 Å². The lowest BCUT2D eigenvalue weighted by molar-refractivity contribution is 0.590. The summed E-state index contributed by atoms with van der Waals surface area (Å²) in [6.07, 6.45) is 0. The number of fused-ring (bicyclic) bond motifs is 14. The molecule has 0 amide bonds. The standard InChI is InChI=1S/C58H45BN2O2S/c1-57(2,3)35-24-27-37(28-25-35)61-46-31-29-40-38-18-10-13-21-47(38)62-54(40)50(46)44-33-43-39-19-11-14-22-48(39)63-55(43)53-51(44)59(61)52-41-20-12-15-23-49(41)64-56(52)60(53)45-30-26-36(58(4,5)6)32-42(45)34-16-8-7-9-17-34/h7-33H,1-6H3. The number of hydrogen-bond acceptors (Lipinski definition) is 5. The van der Waals surface area contributed by atoms with Gasteiger partial charge in [-0.1, -0.05) is 145 Å². The van der Waals surface area contributed by atoms with Crippen LogP contribution in [0.3, 0.4) is 0 Å². The van der Waals surface area contributed by atoms with Crippen molar-refractivity contribution in [2.24, 2.45) is 0 Å². The molecule has 2 aliphatic rings. The largest absolute Gasteiger partial charge is 0.455 e. The van der Waals surface area contributed by atoms with Gasteiger partial charge in [0.05, 0.1) is 16.4 Å². The summed E-state index contributed by atoms with van der Waals surface area (Å²) in [6.45, 7) is 13.6. The number of anilines is 5. The molecule has 5 heterocycles. The van der Waals surface area contributed by atoms with E-state index >= 15 is 0 Å². The fraction of sp³-hybridized carbons (Fsp3) is 0.138. The molecule has 11 aromatic rings. The predicted octanol–water partition coefficient (Wildman–Crippen LogP) is 15.7. The van der Waals surface area contributed by atoms with Crippen LogP contribution in [0, 0.1) is 0 Å². The first-order valence-corrected chi connectivity index (χ1v) is 23.2. The summed E-state index contributed by atoms with van der Waals surface area (Å²) in [6, 6.07) is 60.3. The van der Waals surface area contributed by atoms with E-state index in [0.29, 0.717) is 0 Å². The molecular weight excluding hydrogens is 800 g/mol. The van der Waals surface area contributed by atoms with Gasteiger partial charge in [0.2, 0.25) is 0 Å². The Labute approximate surface area is 377 Å². The molecule has 0 saturated carbocycles. The van der Waals surface area contributed by atoms with Crippen molar-refractivity contribution >= 4 is 111 Å². The lowest BCUT2D eigenvalue weighted by atomic mass is 9.43. The SMILES string of the molecule is CC(C)(C)c1ccc(N2B3c4c(cc5c(oc6ccccc65)c4N(c4ccc(C(C)(C)C)cc4-c4ccccc4)c4sc5ccccc5c43)-c3c2ccc2c3oc3ccccc32)cc1. The summed E-state index contributed by atoms with van der Waals surface area (Å²) in [4.78, 5) is 5.17. The molecule has 4 nitrogen and oxygen atoms in total. The summed E-state index contributed by atoms with van der Waals surface area (Å²) >= 11 is 1.87. The van der Waals surface area contributed by atoms with Crippen molar-refractivity contribution in [2.45, 2.75) is 52.4 Å². The zero-order valence-corrected chi connectivity index (χ0v) is 37.6. The number of rotatable bonds is 3. The summed E-state index contributed by atoms with van der Waals surface area (Å²) in [5, 5.41) is 6.87. The molecular formula is C58H45BN2O2S. The number of nitrogens with zero attached hydrogens (tertiary/aromatic N) is 2. The molecule has 13 rings (SSSR count). The van der Waals surface area contributed by atoms with Crippen LogP contribution in [-0.2, 0) is 10.8 Å². The maximum Gasteiger partial charge on any atom is 0.334 e. The zero-order chi connectivity index (χ0) is 43.2. The van der Waals surface area contributed by atoms with Crippen LogP contribution < -0.4 is 20.6 Å². The average Bonchev–Trinajstić information content (AvgIpc) is 4.00. The van der Waals surface area contributed by atoms with Gasteiger partial charge in [-0.2, -0.15) is 0 Å². The quantitative estimate of drug-likeness (QED) is 0.166. The van der Waals surface area contributed by atoms with Gasteiger partial charge in [0, 0.05) is 48.7 Å². The molecule has 2 aliphatic heterocycles. The molecule has 0 N–H and O–H groups in total. The molecule has 308 valence electrons. The van der Waals surface area contributed by atoms with Gasteiger partial charge in [0.15, 0.2) is 5.58 Å². The van der Waals surface area contributed by atoms with Gasteiger partial charge in [0.25, 0.3) is 0 Å². The minimum Gasteiger partial charge on any atom is -0.455 e. The van der Waals surface area contributed by atoms with Crippen molar-refractivity contribution in [2.75, 3.05) is 9.71 Å². The Morgan fingerprint density at radius 2 is 1.09 bits per heavy atom. The molecule has 0 unspecified atom stereocenters. The molecule has 0 spiro atoms. The van der Waals surface area contributed by atoms with Crippen molar-refractivity contribution in [3.05, 3.63) is 175 Å². The Hall–Kier alpha value is -7.02. The van der Waals surface area contributed by atoms with Crippen molar-refractivity contribution in [1.82, 2.24) is 0 Å². The molecule has 8 aromatic carbocycles. The maximum absolute atomic E-state index is 7.23. The fourth-order valence-electron chi connectivity index (χ4n) is 10.6. The number of hydrogen-bond donors (Lipinski definition) is 0. The van der Waals surface area contributed by atoms with E-state index in [2.05, 4.69) is 215 Å². The van der Waals surface area contributed by atoms with Crippen molar-refractivity contribution in [3.63, 3.8) is 0 Å². The van der Waals surface area contributed by atoms with Gasteiger partial charge in [-0.3, -0.25) is 4.90 Å². The van der Waals surface area contributed by atoms with E-state index in [9.17, 15) is 0 Å². The third-order valence-electron chi connectivity index (χ3n) is 13.8. The lowest BCUT2D eigenvalue weighted by Gasteiger charge is -2.45. The van der Waals surface area contributed by atoms with E-state index in [1.54, 1.807) is 0 Å².